The van der Waals surface area contributed by atoms with Gasteiger partial charge in [0.1, 0.15) is 23.5 Å². The summed E-state index contributed by atoms with van der Waals surface area (Å²) in [6, 6.07) is 0. The lowest BCUT2D eigenvalue weighted by Gasteiger charge is -2.27. The van der Waals surface area contributed by atoms with Crippen molar-refractivity contribution in [3.8, 4) is 11.3 Å². The van der Waals surface area contributed by atoms with Gasteiger partial charge in [0, 0.05) is 23.8 Å². The minimum atomic E-state index is -0.00194. The highest BCUT2D eigenvalue weighted by Gasteiger charge is 2.40. The van der Waals surface area contributed by atoms with Gasteiger partial charge in [0.05, 0.1) is 11.6 Å². The second-order valence-corrected chi connectivity index (χ2v) is 6.76. The number of nitrogens with two attached hydrogens (primary N) is 1. The van der Waals surface area contributed by atoms with Crippen LogP contribution in [0, 0.1) is 5.92 Å². The third kappa shape index (κ3) is 2.10. The number of anilines is 1. The summed E-state index contributed by atoms with van der Waals surface area (Å²) in [5.74, 6) is 1.16. The number of nitrogens with zero attached hydrogens (tertiary/aromatic N) is 6. The molecular weight excluding hydrogens is 290 g/mol. The zero-order valence-electron chi connectivity index (χ0n) is 13.7. The first-order valence-electron chi connectivity index (χ1n) is 8.05. The molecule has 3 heterocycles. The lowest BCUT2D eigenvalue weighted by atomic mass is 9.98. The minimum Gasteiger partial charge on any atom is -0.383 e. The van der Waals surface area contributed by atoms with Crippen molar-refractivity contribution < 1.29 is 0 Å². The predicted molar refractivity (Wildman–Crippen MR) is 88.7 cm³/mol. The number of nitrogen functional groups attached to an aromatic ring is 1. The summed E-state index contributed by atoms with van der Waals surface area (Å²) in [7, 11) is 0. The number of hydrogen-bond acceptors (Lipinski definition) is 5. The van der Waals surface area contributed by atoms with E-state index in [1.807, 2.05) is 17.8 Å². The molecule has 0 radical (unpaired) electrons. The van der Waals surface area contributed by atoms with Crippen LogP contribution in [-0.4, -0.2) is 29.5 Å². The minimum absolute atomic E-state index is 0.00194. The standard InChI is InChI=1S/C16H21N7/c1-4-22-8-12(20-21-22)11-7-23(16(2,3)10-5-6-10)15-13(11)14(17)18-9-19-15/h7-10H,4-6H2,1-3H3,(H2,17,18,19). The van der Waals surface area contributed by atoms with Gasteiger partial charge in [0.2, 0.25) is 0 Å². The molecule has 0 aromatic carbocycles. The highest BCUT2D eigenvalue weighted by atomic mass is 15.4. The van der Waals surface area contributed by atoms with Crippen molar-refractivity contribution in [2.75, 3.05) is 5.73 Å². The Kier molecular flexibility index (Phi) is 2.94. The number of hydrogen-bond donors (Lipinski definition) is 1. The smallest absolute Gasteiger partial charge is 0.146 e. The Morgan fingerprint density at radius 3 is 2.70 bits per heavy atom. The molecule has 0 atom stereocenters. The van der Waals surface area contributed by atoms with Crippen LogP contribution in [0.1, 0.15) is 33.6 Å². The Bertz CT molecular complexity index is 870. The van der Waals surface area contributed by atoms with Crippen molar-refractivity contribution in [3.63, 3.8) is 0 Å². The summed E-state index contributed by atoms with van der Waals surface area (Å²) in [5.41, 5.74) is 8.79. The van der Waals surface area contributed by atoms with Crippen LogP contribution in [0.3, 0.4) is 0 Å². The fraction of sp³-hybridized carbons (Fsp3) is 0.500. The number of aryl methyl sites for hydroxylation is 1. The molecule has 1 aliphatic rings. The van der Waals surface area contributed by atoms with Crippen LogP contribution in [0.5, 0.6) is 0 Å². The number of fused-ring (bicyclic) bond motifs is 1. The molecule has 1 saturated carbocycles. The lowest BCUT2D eigenvalue weighted by Crippen LogP contribution is -2.28. The second-order valence-electron chi connectivity index (χ2n) is 6.76. The van der Waals surface area contributed by atoms with Gasteiger partial charge in [-0.15, -0.1) is 5.10 Å². The summed E-state index contributed by atoms with van der Waals surface area (Å²) in [5, 5.41) is 9.30. The summed E-state index contributed by atoms with van der Waals surface area (Å²) in [4.78, 5) is 8.68. The maximum absolute atomic E-state index is 6.16. The van der Waals surface area contributed by atoms with E-state index in [0.29, 0.717) is 11.7 Å². The zero-order chi connectivity index (χ0) is 16.2. The molecule has 3 aromatic heterocycles. The van der Waals surface area contributed by atoms with E-state index in [9.17, 15) is 0 Å². The van der Waals surface area contributed by atoms with E-state index >= 15 is 0 Å². The topological polar surface area (TPSA) is 87.4 Å². The van der Waals surface area contributed by atoms with E-state index in [-0.39, 0.29) is 5.54 Å². The molecule has 7 nitrogen and oxygen atoms in total. The Morgan fingerprint density at radius 1 is 1.26 bits per heavy atom. The zero-order valence-corrected chi connectivity index (χ0v) is 13.7. The van der Waals surface area contributed by atoms with Crippen LogP contribution in [-0.2, 0) is 12.1 Å². The van der Waals surface area contributed by atoms with Gasteiger partial charge in [-0.2, -0.15) is 0 Å². The van der Waals surface area contributed by atoms with Crippen LogP contribution in [0.15, 0.2) is 18.7 Å². The van der Waals surface area contributed by atoms with Crippen molar-refractivity contribution in [2.45, 2.75) is 45.7 Å². The quantitative estimate of drug-likeness (QED) is 0.799. The number of aromatic nitrogens is 6. The van der Waals surface area contributed by atoms with Crippen LogP contribution in [0.2, 0.25) is 0 Å². The van der Waals surface area contributed by atoms with Crippen LogP contribution >= 0.6 is 0 Å². The highest BCUT2D eigenvalue weighted by Crippen LogP contribution is 2.46. The van der Waals surface area contributed by atoms with E-state index in [0.717, 1.165) is 28.8 Å². The first kappa shape index (κ1) is 14.2. The summed E-state index contributed by atoms with van der Waals surface area (Å²) in [6.07, 6.45) is 8.10. The molecule has 7 heteroatoms. The van der Waals surface area contributed by atoms with Crippen molar-refractivity contribution in [1.82, 2.24) is 29.5 Å². The summed E-state index contributed by atoms with van der Waals surface area (Å²) >= 11 is 0. The molecule has 1 aliphatic carbocycles. The SMILES string of the molecule is CCn1cc(-c2cn(C(C)(C)C3CC3)c3ncnc(N)c23)nn1. The lowest BCUT2D eigenvalue weighted by molar-refractivity contribution is 0.313. The second kappa shape index (κ2) is 4.78. The van der Waals surface area contributed by atoms with E-state index < -0.39 is 0 Å². The van der Waals surface area contributed by atoms with Crippen molar-refractivity contribution in [3.05, 3.63) is 18.7 Å². The molecule has 0 saturated heterocycles. The molecule has 0 aliphatic heterocycles. The molecule has 2 N–H and O–H groups in total. The molecule has 4 rings (SSSR count). The molecule has 1 fully saturated rings. The normalized spacial score (nSPS) is 15.4. The van der Waals surface area contributed by atoms with Gasteiger partial charge in [-0.1, -0.05) is 5.21 Å². The first-order chi connectivity index (χ1) is 11.0. The predicted octanol–water partition coefficient (Wildman–Crippen LogP) is 2.44. The van der Waals surface area contributed by atoms with E-state index in [1.165, 1.54) is 19.2 Å². The Balaban J connectivity index is 1.97. The molecule has 3 aromatic rings. The molecule has 0 spiro atoms. The van der Waals surface area contributed by atoms with Crippen LogP contribution in [0.25, 0.3) is 22.3 Å². The van der Waals surface area contributed by atoms with E-state index in [1.54, 1.807) is 0 Å². The van der Waals surface area contributed by atoms with Crippen molar-refractivity contribution >= 4 is 16.9 Å². The molecule has 0 bridgehead atoms. The van der Waals surface area contributed by atoms with Crippen molar-refractivity contribution in [2.24, 2.45) is 5.92 Å². The van der Waals surface area contributed by atoms with Gasteiger partial charge in [-0.25, -0.2) is 9.97 Å². The Labute approximate surface area is 134 Å². The molecule has 0 unspecified atom stereocenters. The maximum Gasteiger partial charge on any atom is 0.146 e. The first-order valence-corrected chi connectivity index (χ1v) is 8.05. The van der Waals surface area contributed by atoms with Gasteiger partial charge < -0.3 is 10.3 Å². The largest absolute Gasteiger partial charge is 0.383 e. The molecular formula is C16H21N7. The highest BCUT2D eigenvalue weighted by molar-refractivity contribution is 5.99. The van der Waals surface area contributed by atoms with Gasteiger partial charge in [0.25, 0.3) is 0 Å². The monoisotopic (exact) mass is 311 g/mol. The fourth-order valence-electron chi connectivity index (χ4n) is 3.28. The molecule has 0 amide bonds. The number of rotatable bonds is 4. The van der Waals surface area contributed by atoms with Crippen molar-refractivity contribution in [1.29, 1.82) is 0 Å². The third-order valence-corrected chi connectivity index (χ3v) is 4.95. The van der Waals surface area contributed by atoms with Gasteiger partial charge in [0.15, 0.2) is 0 Å². The summed E-state index contributed by atoms with van der Waals surface area (Å²) in [6.45, 7) is 7.34. The third-order valence-electron chi connectivity index (χ3n) is 4.95. The Hall–Kier alpha value is -2.44. The molecule has 120 valence electrons. The molecule has 23 heavy (non-hydrogen) atoms. The fourth-order valence-corrected chi connectivity index (χ4v) is 3.28. The van der Waals surface area contributed by atoms with Crippen LogP contribution < -0.4 is 5.73 Å². The Morgan fingerprint density at radius 2 is 2.04 bits per heavy atom. The van der Waals surface area contributed by atoms with Crippen LogP contribution in [0.4, 0.5) is 5.82 Å². The maximum atomic E-state index is 6.16. The van der Waals surface area contributed by atoms with E-state index in [2.05, 4.69) is 44.9 Å². The summed E-state index contributed by atoms with van der Waals surface area (Å²) < 4.78 is 4.04. The average Bonchev–Trinajstić information content (AvgIpc) is 3.16. The average molecular weight is 311 g/mol. The van der Waals surface area contributed by atoms with E-state index in [4.69, 9.17) is 5.73 Å². The van der Waals surface area contributed by atoms with Gasteiger partial charge in [-0.3, -0.25) is 4.68 Å². The van der Waals surface area contributed by atoms with Gasteiger partial charge in [-0.05, 0) is 39.5 Å². The van der Waals surface area contributed by atoms with Gasteiger partial charge >= 0.3 is 0 Å².